The minimum absolute atomic E-state index is 0.104. The van der Waals surface area contributed by atoms with Crippen LogP contribution in [0.3, 0.4) is 0 Å². The minimum atomic E-state index is -0.296. The van der Waals surface area contributed by atoms with Gasteiger partial charge in [0.15, 0.2) is 0 Å². The number of aromatic nitrogens is 1. The summed E-state index contributed by atoms with van der Waals surface area (Å²) >= 11 is 0. The smallest absolute Gasteiger partial charge is 0.271 e. The van der Waals surface area contributed by atoms with Crippen LogP contribution in [0.2, 0.25) is 0 Å². The van der Waals surface area contributed by atoms with Crippen molar-refractivity contribution in [1.29, 1.82) is 0 Å². The van der Waals surface area contributed by atoms with Crippen LogP contribution in [0.1, 0.15) is 29.9 Å². The fraction of sp³-hybridized carbons (Fsp3) is 0.429. The minimum Gasteiger partial charge on any atom is -0.384 e. The molecular weight excluding hydrogens is 244 g/mol. The summed E-state index contributed by atoms with van der Waals surface area (Å²) in [4.78, 5) is 16.1. The van der Waals surface area contributed by atoms with Gasteiger partial charge in [0.25, 0.3) is 5.91 Å². The highest BCUT2D eigenvalue weighted by Gasteiger charge is 2.14. The Balaban J connectivity index is 2.76. The Morgan fingerprint density at radius 1 is 1.63 bits per heavy atom. The molecule has 5 heteroatoms. The van der Waals surface area contributed by atoms with Crippen molar-refractivity contribution in [2.24, 2.45) is 0 Å². The summed E-state index contributed by atoms with van der Waals surface area (Å²) in [6, 6.07) is 3.28. The second kappa shape index (κ2) is 8.25. The molecule has 1 rings (SSSR count). The molecule has 1 unspecified atom stereocenters. The van der Waals surface area contributed by atoms with E-state index in [1.54, 1.807) is 12.1 Å². The Labute approximate surface area is 113 Å². The van der Waals surface area contributed by atoms with Gasteiger partial charge in [-0.2, -0.15) is 0 Å². The fourth-order valence-electron chi connectivity index (χ4n) is 1.45. The van der Waals surface area contributed by atoms with Crippen molar-refractivity contribution in [3.63, 3.8) is 0 Å². The average molecular weight is 262 g/mol. The fourth-order valence-corrected chi connectivity index (χ4v) is 1.45. The molecule has 0 aliphatic carbocycles. The van der Waals surface area contributed by atoms with Crippen LogP contribution in [0.25, 0.3) is 0 Å². The van der Waals surface area contributed by atoms with Crippen molar-refractivity contribution in [2.75, 3.05) is 19.8 Å². The van der Waals surface area contributed by atoms with Gasteiger partial charge in [0, 0.05) is 18.8 Å². The summed E-state index contributed by atoms with van der Waals surface area (Å²) < 4.78 is 5.23. The molecule has 2 N–H and O–H groups in total. The first-order chi connectivity index (χ1) is 9.19. The number of nitrogens with one attached hydrogen (secondary N) is 1. The molecule has 0 spiro atoms. The zero-order valence-corrected chi connectivity index (χ0v) is 11.1. The third-order valence-corrected chi connectivity index (χ3v) is 2.27. The molecule has 5 nitrogen and oxygen atoms in total. The predicted octanol–water partition coefficient (Wildman–Crippen LogP) is 0.580. The van der Waals surface area contributed by atoms with Gasteiger partial charge in [0.2, 0.25) is 0 Å². The van der Waals surface area contributed by atoms with Gasteiger partial charge in [-0.3, -0.25) is 4.79 Å². The number of hydrogen-bond donors (Lipinski definition) is 2. The number of pyridine rings is 1. The van der Waals surface area contributed by atoms with Gasteiger partial charge in [-0.25, -0.2) is 4.98 Å². The lowest BCUT2D eigenvalue weighted by Crippen LogP contribution is -2.36. The Morgan fingerprint density at radius 3 is 3.11 bits per heavy atom. The van der Waals surface area contributed by atoms with Gasteiger partial charge in [-0.1, -0.05) is 11.8 Å². The molecule has 0 aromatic carbocycles. The van der Waals surface area contributed by atoms with Gasteiger partial charge >= 0.3 is 0 Å². The number of nitrogens with zero attached hydrogens (tertiary/aromatic N) is 1. The molecule has 19 heavy (non-hydrogen) atoms. The SMILES string of the molecule is CCOCC(C)NC(=O)c1ncccc1C#CCO. The third kappa shape index (κ3) is 5.08. The summed E-state index contributed by atoms with van der Waals surface area (Å²) in [5.41, 5.74) is 0.754. The summed E-state index contributed by atoms with van der Waals surface area (Å²) in [7, 11) is 0. The summed E-state index contributed by atoms with van der Waals surface area (Å²) in [5.74, 6) is 4.92. The molecule has 0 saturated heterocycles. The van der Waals surface area contributed by atoms with Crippen molar-refractivity contribution in [3.05, 3.63) is 29.6 Å². The maximum absolute atomic E-state index is 12.0. The van der Waals surface area contributed by atoms with Crippen LogP contribution in [-0.4, -0.2) is 41.9 Å². The number of rotatable bonds is 5. The van der Waals surface area contributed by atoms with Gasteiger partial charge in [0.1, 0.15) is 12.3 Å². The Hall–Kier alpha value is -1.90. The number of aliphatic hydroxyl groups is 1. The molecule has 1 aromatic heterocycles. The summed E-state index contributed by atoms with van der Waals surface area (Å²) in [6.07, 6.45) is 1.53. The zero-order valence-electron chi connectivity index (χ0n) is 11.1. The Morgan fingerprint density at radius 2 is 2.42 bits per heavy atom. The molecule has 0 aliphatic heterocycles. The maximum Gasteiger partial charge on any atom is 0.271 e. The molecule has 0 fully saturated rings. The van der Waals surface area contributed by atoms with Crippen LogP contribution >= 0.6 is 0 Å². The number of hydrogen-bond acceptors (Lipinski definition) is 4. The number of amides is 1. The van der Waals surface area contributed by atoms with E-state index in [-0.39, 0.29) is 24.2 Å². The maximum atomic E-state index is 12.0. The van der Waals surface area contributed by atoms with Gasteiger partial charge in [-0.05, 0) is 26.0 Å². The van der Waals surface area contributed by atoms with Crippen molar-refractivity contribution in [2.45, 2.75) is 19.9 Å². The number of carbonyl (C=O) groups excluding carboxylic acids is 1. The first-order valence-electron chi connectivity index (χ1n) is 6.12. The molecule has 1 amide bonds. The average Bonchev–Trinajstić information content (AvgIpc) is 2.43. The molecule has 0 bridgehead atoms. The highest BCUT2D eigenvalue weighted by molar-refractivity contribution is 5.94. The van der Waals surface area contributed by atoms with Crippen LogP contribution in [0.15, 0.2) is 18.3 Å². The summed E-state index contributed by atoms with van der Waals surface area (Å²) in [6.45, 7) is 4.56. The largest absolute Gasteiger partial charge is 0.384 e. The van der Waals surface area contributed by atoms with E-state index in [2.05, 4.69) is 22.1 Å². The van der Waals surface area contributed by atoms with Gasteiger partial charge in [-0.15, -0.1) is 0 Å². The lowest BCUT2D eigenvalue weighted by Gasteiger charge is -2.13. The van der Waals surface area contributed by atoms with Gasteiger partial charge < -0.3 is 15.2 Å². The van der Waals surface area contributed by atoms with E-state index in [0.29, 0.717) is 18.8 Å². The van der Waals surface area contributed by atoms with Gasteiger partial charge in [0.05, 0.1) is 12.2 Å². The van der Waals surface area contributed by atoms with E-state index in [1.807, 2.05) is 13.8 Å². The molecule has 1 atom stereocenters. The molecule has 102 valence electrons. The summed E-state index contributed by atoms with van der Waals surface area (Å²) in [5, 5.41) is 11.5. The van der Waals surface area contributed by atoms with E-state index in [1.165, 1.54) is 6.20 Å². The monoisotopic (exact) mass is 262 g/mol. The first kappa shape index (κ1) is 15.2. The van der Waals surface area contributed by atoms with Crippen LogP contribution < -0.4 is 5.32 Å². The van der Waals surface area contributed by atoms with E-state index < -0.39 is 0 Å². The molecule has 1 heterocycles. The van der Waals surface area contributed by atoms with Crippen molar-refractivity contribution in [1.82, 2.24) is 10.3 Å². The molecule has 0 saturated carbocycles. The third-order valence-electron chi connectivity index (χ3n) is 2.27. The van der Waals surface area contributed by atoms with Crippen LogP contribution in [0, 0.1) is 11.8 Å². The van der Waals surface area contributed by atoms with Crippen LogP contribution in [0.5, 0.6) is 0 Å². The second-order valence-electron chi connectivity index (χ2n) is 3.89. The number of aliphatic hydroxyl groups excluding tert-OH is 1. The lowest BCUT2D eigenvalue weighted by molar-refractivity contribution is 0.0867. The van der Waals surface area contributed by atoms with Crippen molar-refractivity contribution >= 4 is 5.91 Å². The highest BCUT2D eigenvalue weighted by atomic mass is 16.5. The second-order valence-corrected chi connectivity index (χ2v) is 3.89. The van der Waals surface area contributed by atoms with Crippen LogP contribution in [-0.2, 0) is 4.74 Å². The molecule has 1 aromatic rings. The van der Waals surface area contributed by atoms with E-state index in [9.17, 15) is 4.79 Å². The standard InChI is InChI=1S/C14H18N2O3/c1-3-19-10-11(2)16-14(18)13-12(7-5-9-17)6-4-8-15-13/h4,6,8,11,17H,3,9-10H2,1-2H3,(H,16,18). The van der Waals surface area contributed by atoms with Crippen LogP contribution in [0.4, 0.5) is 0 Å². The normalized spacial score (nSPS) is 11.3. The predicted molar refractivity (Wildman–Crippen MR) is 71.6 cm³/mol. The Bertz CT molecular complexity index is 477. The molecular formula is C14H18N2O3. The van der Waals surface area contributed by atoms with Crippen molar-refractivity contribution < 1.29 is 14.6 Å². The topological polar surface area (TPSA) is 71.5 Å². The zero-order chi connectivity index (χ0) is 14.1. The first-order valence-corrected chi connectivity index (χ1v) is 6.12. The van der Waals surface area contributed by atoms with Crippen molar-refractivity contribution in [3.8, 4) is 11.8 Å². The molecule has 0 radical (unpaired) electrons. The Kier molecular flexibility index (Phi) is 6.58. The van der Waals surface area contributed by atoms with E-state index in [0.717, 1.165) is 0 Å². The molecule has 0 aliphatic rings. The highest BCUT2D eigenvalue weighted by Crippen LogP contribution is 2.04. The quantitative estimate of drug-likeness (QED) is 0.761. The van der Waals surface area contributed by atoms with E-state index in [4.69, 9.17) is 9.84 Å². The lowest BCUT2D eigenvalue weighted by atomic mass is 10.2. The van der Waals surface area contributed by atoms with E-state index >= 15 is 0 Å². The number of carbonyl (C=O) groups is 1. The number of ether oxygens (including phenoxy) is 1.